The van der Waals surface area contributed by atoms with Gasteiger partial charge in [-0.2, -0.15) is 0 Å². The highest BCUT2D eigenvalue weighted by Gasteiger charge is 2.20. The summed E-state index contributed by atoms with van der Waals surface area (Å²) < 4.78 is 0. The van der Waals surface area contributed by atoms with Gasteiger partial charge < -0.3 is 10.1 Å². The molecule has 0 radical (unpaired) electrons. The van der Waals surface area contributed by atoms with Gasteiger partial charge in [-0.05, 0) is 29.7 Å². The molecule has 0 spiro atoms. The molecule has 0 aliphatic carbocycles. The van der Waals surface area contributed by atoms with E-state index < -0.39 is 11.5 Å². The van der Waals surface area contributed by atoms with Crippen molar-refractivity contribution < 1.29 is 9.90 Å². The second kappa shape index (κ2) is 4.46. The van der Waals surface area contributed by atoms with Crippen molar-refractivity contribution in [2.45, 2.75) is 19.8 Å². The molecule has 18 heavy (non-hydrogen) atoms. The molecule has 1 aromatic heterocycles. The van der Waals surface area contributed by atoms with Crippen LogP contribution in [0, 0.1) is 0 Å². The Labute approximate surface area is 108 Å². The molecule has 0 aliphatic heterocycles. The number of aromatic amines is 1. The van der Waals surface area contributed by atoms with Crippen LogP contribution in [0.1, 0.15) is 35.7 Å². The minimum Gasteiger partial charge on any atom is -0.477 e. The first-order valence-corrected chi connectivity index (χ1v) is 5.88. The van der Waals surface area contributed by atoms with Crippen molar-refractivity contribution in [2.24, 2.45) is 0 Å². The molecule has 0 unspecified atom stereocenters. The molecule has 5 heteroatoms. The van der Waals surface area contributed by atoms with E-state index in [2.05, 4.69) is 4.98 Å². The van der Waals surface area contributed by atoms with E-state index in [1.165, 1.54) is 0 Å². The molecule has 4 nitrogen and oxygen atoms in total. The number of halogens is 1. The van der Waals surface area contributed by atoms with Crippen LogP contribution >= 0.6 is 11.6 Å². The van der Waals surface area contributed by atoms with Crippen LogP contribution in [-0.2, 0) is 0 Å². The Hall–Kier alpha value is -1.81. The molecule has 0 saturated carbocycles. The molecule has 1 heterocycles. The minimum absolute atomic E-state index is 0.0839. The summed E-state index contributed by atoms with van der Waals surface area (Å²) in [5.41, 5.74) is 0.322. The molecule has 1 aromatic carbocycles. The van der Waals surface area contributed by atoms with Gasteiger partial charge in [0.2, 0.25) is 0 Å². The molecule has 0 aliphatic rings. The number of aromatic nitrogens is 1. The highest BCUT2D eigenvalue weighted by Crippen LogP contribution is 2.28. The van der Waals surface area contributed by atoms with Crippen molar-refractivity contribution in [3.05, 3.63) is 44.7 Å². The quantitative estimate of drug-likeness (QED) is 0.877. The Bertz CT molecular complexity index is 688. The molecular formula is C13H12ClNO3. The van der Waals surface area contributed by atoms with Gasteiger partial charge in [-0.25, -0.2) is 4.79 Å². The van der Waals surface area contributed by atoms with Crippen LogP contribution in [0.15, 0.2) is 23.0 Å². The molecule has 0 fully saturated rings. The number of hydrogen-bond acceptors (Lipinski definition) is 2. The van der Waals surface area contributed by atoms with Gasteiger partial charge in [-0.15, -0.1) is 0 Å². The second-order valence-electron chi connectivity index (χ2n) is 4.39. The van der Waals surface area contributed by atoms with E-state index in [0.29, 0.717) is 21.5 Å². The number of nitrogens with one attached hydrogen (secondary N) is 1. The summed E-state index contributed by atoms with van der Waals surface area (Å²) in [4.78, 5) is 25.6. The maximum absolute atomic E-state index is 11.8. The topological polar surface area (TPSA) is 70.2 Å². The lowest BCUT2D eigenvalue weighted by molar-refractivity contribution is 0.0693. The molecule has 0 amide bonds. The molecule has 2 rings (SSSR count). The maximum Gasteiger partial charge on any atom is 0.341 e. The summed E-state index contributed by atoms with van der Waals surface area (Å²) in [6.45, 7) is 3.70. The van der Waals surface area contributed by atoms with Gasteiger partial charge >= 0.3 is 5.97 Å². The van der Waals surface area contributed by atoms with Crippen molar-refractivity contribution in [2.75, 3.05) is 0 Å². The maximum atomic E-state index is 11.8. The monoisotopic (exact) mass is 265 g/mol. The molecule has 0 saturated heterocycles. The average molecular weight is 266 g/mol. The van der Waals surface area contributed by atoms with Gasteiger partial charge in [0, 0.05) is 15.9 Å². The SMILES string of the molecule is CC(C)c1c(C(=O)O)c(=O)[nH]c2ccc(Cl)cc12. The van der Waals surface area contributed by atoms with E-state index in [-0.39, 0.29) is 11.5 Å². The van der Waals surface area contributed by atoms with Gasteiger partial charge in [0.25, 0.3) is 5.56 Å². The average Bonchev–Trinajstić information content (AvgIpc) is 2.27. The fraction of sp³-hybridized carbons (Fsp3) is 0.231. The Morgan fingerprint density at radius 3 is 2.61 bits per heavy atom. The lowest BCUT2D eigenvalue weighted by Crippen LogP contribution is -2.21. The number of hydrogen-bond donors (Lipinski definition) is 2. The first kappa shape index (κ1) is 12.6. The van der Waals surface area contributed by atoms with Crippen LogP contribution in [0.3, 0.4) is 0 Å². The van der Waals surface area contributed by atoms with Gasteiger partial charge in [0.15, 0.2) is 0 Å². The van der Waals surface area contributed by atoms with Gasteiger partial charge in [0.05, 0.1) is 0 Å². The zero-order chi connectivity index (χ0) is 13.4. The Kier molecular flexibility index (Phi) is 3.13. The third-order valence-corrected chi connectivity index (χ3v) is 3.04. The van der Waals surface area contributed by atoms with Crippen molar-refractivity contribution >= 4 is 28.5 Å². The van der Waals surface area contributed by atoms with Crippen LogP contribution in [0.2, 0.25) is 5.02 Å². The fourth-order valence-corrected chi connectivity index (χ4v) is 2.27. The number of pyridine rings is 1. The normalized spacial score (nSPS) is 11.1. The van der Waals surface area contributed by atoms with Crippen molar-refractivity contribution in [1.29, 1.82) is 0 Å². The number of aromatic carboxylic acids is 1. The number of carboxylic acid groups (broad SMARTS) is 1. The first-order valence-electron chi connectivity index (χ1n) is 5.50. The van der Waals surface area contributed by atoms with Crippen LogP contribution in [0.4, 0.5) is 0 Å². The standard InChI is InChI=1S/C13H12ClNO3/c1-6(2)10-8-5-7(14)3-4-9(8)15-12(16)11(10)13(17)18/h3-6H,1-2H3,(H,15,16)(H,17,18). The molecular weight excluding hydrogens is 254 g/mol. The van der Waals surface area contributed by atoms with Crippen LogP contribution in [0.5, 0.6) is 0 Å². The zero-order valence-electron chi connectivity index (χ0n) is 9.95. The van der Waals surface area contributed by atoms with Crippen LogP contribution in [-0.4, -0.2) is 16.1 Å². The third kappa shape index (κ3) is 1.99. The van der Waals surface area contributed by atoms with Gasteiger partial charge in [-0.1, -0.05) is 25.4 Å². The van der Waals surface area contributed by atoms with Crippen LogP contribution in [0.25, 0.3) is 10.9 Å². The Morgan fingerprint density at radius 2 is 2.06 bits per heavy atom. The van der Waals surface area contributed by atoms with Crippen molar-refractivity contribution in [3.8, 4) is 0 Å². The van der Waals surface area contributed by atoms with Gasteiger partial charge in [-0.3, -0.25) is 4.79 Å². The number of rotatable bonds is 2. The summed E-state index contributed by atoms with van der Waals surface area (Å²) in [5.74, 6) is -1.30. The van der Waals surface area contributed by atoms with Crippen molar-refractivity contribution in [1.82, 2.24) is 4.98 Å². The fourth-order valence-electron chi connectivity index (χ4n) is 2.10. The second-order valence-corrected chi connectivity index (χ2v) is 4.83. The number of carbonyl (C=O) groups is 1. The van der Waals surface area contributed by atoms with E-state index in [0.717, 1.165) is 0 Å². The van der Waals surface area contributed by atoms with Gasteiger partial charge in [0.1, 0.15) is 5.56 Å². The number of H-pyrrole nitrogens is 1. The highest BCUT2D eigenvalue weighted by atomic mass is 35.5. The van der Waals surface area contributed by atoms with E-state index in [1.54, 1.807) is 18.2 Å². The Morgan fingerprint density at radius 1 is 1.39 bits per heavy atom. The number of fused-ring (bicyclic) bond motifs is 1. The Balaban J connectivity index is 3.01. The molecule has 94 valence electrons. The van der Waals surface area contributed by atoms with E-state index in [4.69, 9.17) is 11.6 Å². The highest BCUT2D eigenvalue weighted by molar-refractivity contribution is 6.31. The molecule has 2 aromatic rings. The van der Waals surface area contributed by atoms with Crippen LogP contribution < -0.4 is 5.56 Å². The summed E-state index contributed by atoms with van der Waals surface area (Å²) in [5, 5.41) is 10.4. The lowest BCUT2D eigenvalue weighted by atomic mass is 9.94. The predicted octanol–water partition coefficient (Wildman–Crippen LogP) is 3.00. The molecule has 0 bridgehead atoms. The molecule has 0 atom stereocenters. The number of benzene rings is 1. The van der Waals surface area contributed by atoms with Crippen molar-refractivity contribution in [3.63, 3.8) is 0 Å². The summed E-state index contributed by atoms with van der Waals surface area (Å²) >= 11 is 5.93. The van der Waals surface area contributed by atoms with E-state index in [9.17, 15) is 14.7 Å². The minimum atomic E-state index is -1.22. The molecule has 2 N–H and O–H groups in total. The lowest BCUT2D eigenvalue weighted by Gasteiger charge is -2.13. The zero-order valence-corrected chi connectivity index (χ0v) is 10.7. The van der Waals surface area contributed by atoms with E-state index >= 15 is 0 Å². The summed E-state index contributed by atoms with van der Waals surface area (Å²) in [7, 11) is 0. The summed E-state index contributed by atoms with van der Waals surface area (Å²) in [6, 6.07) is 5.01. The number of carboxylic acids is 1. The smallest absolute Gasteiger partial charge is 0.341 e. The van der Waals surface area contributed by atoms with E-state index in [1.807, 2.05) is 13.8 Å². The predicted molar refractivity (Wildman–Crippen MR) is 70.6 cm³/mol. The largest absolute Gasteiger partial charge is 0.477 e. The third-order valence-electron chi connectivity index (χ3n) is 2.81. The summed E-state index contributed by atoms with van der Waals surface area (Å²) in [6.07, 6.45) is 0. The first-order chi connectivity index (χ1) is 8.41.